The molecule has 3 amide bonds. The van der Waals surface area contributed by atoms with Crippen molar-refractivity contribution in [2.45, 2.75) is 70.0 Å². The van der Waals surface area contributed by atoms with Gasteiger partial charge in [0.25, 0.3) is 0 Å². The number of carbonyl (C=O) groups excluding carboxylic acids is 5. The van der Waals surface area contributed by atoms with Gasteiger partial charge in [0, 0.05) is 13.0 Å². The average molecular weight is 510 g/mol. The second-order valence-corrected chi connectivity index (χ2v) is 10.3. The molecule has 188 valence electrons. The summed E-state index contributed by atoms with van der Waals surface area (Å²) in [7, 11) is 3.49. The van der Waals surface area contributed by atoms with Crippen LogP contribution in [0.5, 0.6) is 0 Å². The Morgan fingerprint density at radius 3 is 2.56 bits per heavy atom. The van der Waals surface area contributed by atoms with Crippen molar-refractivity contribution in [3.8, 4) is 0 Å². The number of hydrogen-bond acceptors (Lipinski definition) is 8. The molecule has 1 saturated heterocycles. The van der Waals surface area contributed by atoms with Crippen LogP contribution < -0.4 is 10.5 Å². The SMILES string of the molecule is CCN1C(=O)CC(SCCCC(=O)CNCCCC(=O)C2CCCC[C@H]2C(=O)NB=NP)C1=O. The second-order valence-electron chi connectivity index (χ2n) is 8.71. The molecule has 0 spiro atoms. The van der Waals surface area contributed by atoms with Gasteiger partial charge in [0.15, 0.2) is 0 Å². The smallest absolute Gasteiger partial charge is 0.242 e. The van der Waals surface area contributed by atoms with Crippen molar-refractivity contribution in [2.24, 2.45) is 16.5 Å². The van der Waals surface area contributed by atoms with Crippen molar-refractivity contribution in [2.75, 3.05) is 25.4 Å². The number of rotatable bonds is 15. The van der Waals surface area contributed by atoms with E-state index in [9.17, 15) is 24.0 Å². The van der Waals surface area contributed by atoms with Crippen LogP contribution in [0.1, 0.15) is 64.7 Å². The minimum atomic E-state index is -0.313. The molecular formula is C22H36BN4O5PS. The normalized spacial score (nSPS) is 22.8. The molecular weight excluding hydrogens is 474 g/mol. The van der Waals surface area contributed by atoms with Crippen LogP contribution in [0.15, 0.2) is 4.67 Å². The van der Waals surface area contributed by atoms with E-state index >= 15 is 0 Å². The molecule has 2 fully saturated rings. The van der Waals surface area contributed by atoms with Crippen molar-refractivity contribution >= 4 is 57.6 Å². The molecule has 0 aromatic rings. The summed E-state index contributed by atoms with van der Waals surface area (Å²) in [6.45, 7) is 3.03. The van der Waals surface area contributed by atoms with Gasteiger partial charge in [-0.05, 0) is 19.1 Å². The van der Waals surface area contributed by atoms with Crippen LogP contribution in [-0.2, 0) is 24.0 Å². The molecule has 0 aromatic carbocycles. The predicted molar refractivity (Wildman–Crippen MR) is 136 cm³/mol. The van der Waals surface area contributed by atoms with E-state index in [1.807, 2.05) is 0 Å². The molecule has 4 atom stereocenters. The maximum atomic E-state index is 12.7. The Kier molecular flexibility index (Phi) is 13.1. The molecule has 0 radical (unpaired) electrons. The maximum Gasteiger partial charge on any atom is 0.242 e. The van der Waals surface area contributed by atoms with E-state index in [0.717, 1.165) is 25.7 Å². The summed E-state index contributed by atoms with van der Waals surface area (Å²) in [6.07, 6.45) is 5.75. The number of likely N-dealkylation sites (tertiary alicyclic amines) is 1. The zero-order valence-corrected chi connectivity index (χ0v) is 21.9. The predicted octanol–water partition coefficient (Wildman–Crippen LogP) is 1.67. The molecule has 0 bridgehead atoms. The summed E-state index contributed by atoms with van der Waals surface area (Å²) in [5, 5.41) is 5.42. The van der Waals surface area contributed by atoms with E-state index in [4.69, 9.17) is 0 Å². The molecule has 2 aliphatic rings. The first kappa shape index (κ1) is 28.8. The molecule has 9 nitrogen and oxygen atoms in total. The quantitative estimate of drug-likeness (QED) is 0.149. The molecule has 0 aromatic heterocycles. The van der Waals surface area contributed by atoms with Gasteiger partial charge in [-0.2, -0.15) is 0 Å². The zero-order chi connectivity index (χ0) is 24.9. The first-order valence-corrected chi connectivity index (χ1v) is 13.7. The number of nitrogens with zero attached hydrogens (tertiary/aromatic N) is 2. The Bertz CT molecular complexity index is 784. The van der Waals surface area contributed by atoms with E-state index < -0.39 is 0 Å². The molecule has 2 rings (SSSR count). The van der Waals surface area contributed by atoms with E-state index in [1.165, 1.54) is 23.9 Å². The Labute approximate surface area is 208 Å². The van der Waals surface area contributed by atoms with Crippen LogP contribution in [-0.4, -0.2) is 72.0 Å². The maximum absolute atomic E-state index is 12.7. The van der Waals surface area contributed by atoms with Gasteiger partial charge in [0.2, 0.25) is 11.8 Å². The van der Waals surface area contributed by atoms with Gasteiger partial charge in [-0.3, -0.25) is 14.5 Å². The molecule has 1 aliphatic heterocycles. The van der Waals surface area contributed by atoms with Crippen molar-refractivity contribution in [1.82, 2.24) is 15.4 Å². The molecule has 1 aliphatic carbocycles. The first-order valence-electron chi connectivity index (χ1n) is 12.1. The summed E-state index contributed by atoms with van der Waals surface area (Å²) < 4.78 is 3.69. The van der Waals surface area contributed by atoms with Crippen LogP contribution in [0.25, 0.3) is 0 Å². The van der Waals surface area contributed by atoms with E-state index in [-0.39, 0.29) is 59.3 Å². The molecule has 34 heavy (non-hydrogen) atoms. The second kappa shape index (κ2) is 15.5. The number of carbonyl (C=O) groups is 5. The third kappa shape index (κ3) is 8.97. The fraction of sp³-hybridized carbons (Fsp3) is 0.773. The van der Waals surface area contributed by atoms with Crippen molar-refractivity contribution in [3.63, 3.8) is 0 Å². The summed E-state index contributed by atoms with van der Waals surface area (Å²) in [6, 6.07) is 0. The van der Waals surface area contributed by atoms with Gasteiger partial charge in [-0.15, -0.1) is 11.8 Å². The number of imide groups is 1. The van der Waals surface area contributed by atoms with Crippen LogP contribution in [0.3, 0.4) is 0 Å². The van der Waals surface area contributed by atoms with Crippen LogP contribution in [0.2, 0.25) is 0 Å². The zero-order valence-electron chi connectivity index (χ0n) is 19.9. The number of ketones is 2. The number of thioether (sulfide) groups is 1. The number of amides is 3. The largest absolute Gasteiger partial charge is 0.273 e. The van der Waals surface area contributed by atoms with Crippen LogP contribution in [0, 0.1) is 11.8 Å². The van der Waals surface area contributed by atoms with Gasteiger partial charge in [0.05, 0.1) is 5.25 Å². The molecule has 3 unspecified atom stereocenters. The molecule has 12 heteroatoms. The van der Waals surface area contributed by atoms with Crippen LogP contribution in [0.4, 0.5) is 0 Å². The molecule has 1 saturated carbocycles. The van der Waals surface area contributed by atoms with Gasteiger partial charge in [-0.25, -0.2) is 0 Å². The molecule has 2 N–H and O–H groups in total. The van der Waals surface area contributed by atoms with Crippen molar-refractivity contribution in [1.29, 1.82) is 0 Å². The van der Waals surface area contributed by atoms with Crippen molar-refractivity contribution < 1.29 is 24.0 Å². The standard InChI is InChI=1S/C22H36BN4O5PS/c1-2-27-20(30)13-19(22(27)32)34-12-6-7-15(28)14-24-11-5-10-18(29)16-8-3-4-9-17(16)21(31)25-23-26-33/h16-17,19,24H,2-14,33H2,1H3,(H,25,31)/t16?,17-,19?/m1/s1. The Morgan fingerprint density at radius 1 is 1.15 bits per heavy atom. The van der Waals surface area contributed by atoms with E-state index in [1.54, 1.807) is 6.92 Å². The monoisotopic (exact) mass is 510 g/mol. The summed E-state index contributed by atoms with van der Waals surface area (Å²) in [5.74, 6) is -0.0229. The minimum absolute atomic E-state index is 0.0932. The number of hydrogen-bond donors (Lipinski definition) is 2. The summed E-state index contributed by atoms with van der Waals surface area (Å²) in [4.78, 5) is 62.2. The van der Waals surface area contributed by atoms with Gasteiger partial charge < -0.3 is 0 Å². The van der Waals surface area contributed by atoms with E-state index in [0.29, 0.717) is 44.5 Å². The third-order valence-corrected chi connectivity index (χ3v) is 7.78. The van der Waals surface area contributed by atoms with Gasteiger partial charge in [-0.1, -0.05) is 0 Å². The molecule has 1 heterocycles. The topological polar surface area (TPSA) is 125 Å². The average Bonchev–Trinajstić information content (AvgIpc) is 3.11. The fourth-order valence-electron chi connectivity index (χ4n) is 4.54. The number of Topliss-reactive ketones (excluding diaryl/α,β-unsaturated/α-hetero) is 2. The Hall–Kier alpha value is -1.45. The van der Waals surface area contributed by atoms with Gasteiger partial charge >= 0.3 is 134 Å². The van der Waals surface area contributed by atoms with Crippen LogP contribution >= 0.6 is 21.2 Å². The Morgan fingerprint density at radius 2 is 1.88 bits per heavy atom. The summed E-state index contributed by atoms with van der Waals surface area (Å²) >= 11 is 1.45. The Balaban J connectivity index is 1.56. The third-order valence-electron chi connectivity index (χ3n) is 6.33. The summed E-state index contributed by atoms with van der Waals surface area (Å²) in [5.41, 5.74) is 0. The first-order chi connectivity index (χ1) is 16.4. The minimum Gasteiger partial charge on any atom is -0.273 e. The van der Waals surface area contributed by atoms with Crippen molar-refractivity contribution in [3.05, 3.63) is 0 Å². The van der Waals surface area contributed by atoms with Gasteiger partial charge in [0.1, 0.15) is 0 Å². The fourth-order valence-corrected chi connectivity index (χ4v) is 5.74. The number of nitrogens with one attached hydrogen (secondary N) is 2. The van der Waals surface area contributed by atoms with E-state index in [2.05, 4.69) is 24.6 Å².